The molecule has 2 fully saturated rings. The number of aliphatic hydroxyl groups excluding tert-OH is 4. The number of unbranched alkanes of at least 4 members (excludes halogenated alkanes) is 6. The first-order chi connectivity index (χ1) is 19.7. The number of rotatable bonds is 18. The predicted molar refractivity (Wildman–Crippen MR) is 145 cm³/mol. The van der Waals surface area contributed by atoms with E-state index in [0.717, 1.165) is 38.5 Å². The highest BCUT2D eigenvalue weighted by Crippen LogP contribution is 2.30. The quantitative estimate of drug-likeness (QED) is 0.0749. The lowest BCUT2D eigenvalue weighted by Crippen LogP contribution is -2.67. The molecule has 0 aromatic carbocycles. The van der Waals surface area contributed by atoms with E-state index in [1.54, 1.807) is 0 Å². The van der Waals surface area contributed by atoms with Crippen molar-refractivity contribution in [3.63, 3.8) is 0 Å². The number of nitrogens with two attached hydrogens (primary N) is 2. The number of ether oxygens (including phenoxy) is 5. The molecule has 2 heterocycles. The van der Waals surface area contributed by atoms with Crippen LogP contribution in [0.3, 0.4) is 0 Å². The number of hydrogen-bond donors (Lipinski definition) is 8. The van der Waals surface area contributed by atoms with Gasteiger partial charge in [0.2, 0.25) is 0 Å². The Morgan fingerprint density at radius 3 is 1.56 bits per heavy atom. The Labute approximate surface area is 241 Å². The van der Waals surface area contributed by atoms with Gasteiger partial charge >= 0.3 is 0 Å². The van der Waals surface area contributed by atoms with Gasteiger partial charge in [-0.25, -0.2) is 0 Å². The van der Waals surface area contributed by atoms with E-state index in [9.17, 15) is 30.0 Å². The maximum atomic E-state index is 13.1. The molecule has 240 valence electrons. The zero-order chi connectivity index (χ0) is 30.4. The van der Waals surface area contributed by atoms with Gasteiger partial charge in [0, 0.05) is 27.3 Å². The van der Waals surface area contributed by atoms with Gasteiger partial charge < -0.3 is 66.2 Å². The van der Waals surface area contributed by atoms with E-state index < -0.39 is 73.2 Å². The molecule has 2 saturated heterocycles. The van der Waals surface area contributed by atoms with Crippen LogP contribution in [0.15, 0.2) is 0 Å². The summed E-state index contributed by atoms with van der Waals surface area (Å²) in [5.41, 5.74) is 11.0. The van der Waals surface area contributed by atoms with Crippen LogP contribution in [-0.2, 0) is 33.3 Å². The Kier molecular flexibility index (Phi) is 16.5. The van der Waals surface area contributed by atoms with Gasteiger partial charge in [0.05, 0.1) is 0 Å². The average Bonchev–Trinajstić information content (AvgIpc) is 2.97. The van der Waals surface area contributed by atoms with Crippen molar-refractivity contribution in [1.82, 2.24) is 10.6 Å². The van der Waals surface area contributed by atoms with E-state index in [-0.39, 0.29) is 0 Å². The second kappa shape index (κ2) is 18.9. The summed E-state index contributed by atoms with van der Waals surface area (Å²) in [6, 6.07) is 0. The van der Waals surface area contributed by atoms with Crippen molar-refractivity contribution in [3.8, 4) is 0 Å². The molecule has 41 heavy (non-hydrogen) atoms. The van der Waals surface area contributed by atoms with Gasteiger partial charge in [-0.15, -0.1) is 0 Å². The molecule has 4 unspecified atom stereocenters. The first kappa shape index (κ1) is 35.7. The number of aliphatic hydroxyl groups is 4. The van der Waals surface area contributed by atoms with Crippen LogP contribution in [0, 0.1) is 0 Å². The minimum absolute atomic E-state index is 0.317. The Bertz CT molecular complexity index is 767. The Morgan fingerprint density at radius 2 is 1.07 bits per heavy atom. The number of hydrogen-bond acceptors (Lipinski definition) is 13. The van der Waals surface area contributed by atoms with Crippen LogP contribution in [0.4, 0.5) is 0 Å². The fourth-order valence-corrected chi connectivity index (χ4v) is 4.84. The second-order valence-corrected chi connectivity index (χ2v) is 10.3. The molecule has 2 aliphatic rings. The van der Waals surface area contributed by atoms with E-state index in [4.69, 9.17) is 35.2 Å². The SMILES string of the molecule is CO[C@@H]1C(C(=O)NCCCCCCN)O[C@@H](O[C@@H]2C(C(=O)NCCCCCCN)O[C@@H](OC)[C@H](O)C2O)[C@H](O)C1O. The second-order valence-electron chi connectivity index (χ2n) is 10.3. The first-order valence-electron chi connectivity index (χ1n) is 14.4. The molecule has 0 aliphatic carbocycles. The lowest BCUT2D eigenvalue weighted by atomic mass is 9.95. The van der Waals surface area contributed by atoms with E-state index in [1.165, 1.54) is 14.2 Å². The third kappa shape index (κ3) is 10.3. The van der Waals surface area contributed by atoms with Crippen molar-refractivity contribution >= 4 is 11.8 Å². The largest absolute Gasteiger partial charge is 0.387 e. The van der Waals surface area contributed by atoms with Crippen molar-refractivity contribution in [3.05, 3.63) is 0 Å². The smallest absolute Gasteiger partial charge is 0.252 e. The molecule has 15 heteroatoms. The minimum Gasteiger partial charge on any atom is -0.387 e. The van der Waals surface area contributed by atoms with Crippen LogP contribution in [0.2, 0.25) is 0 Å². The van der Waals surface area contributed by atoms with Crippen molar-refractivity contribution in [1.29, 1.82) is 0 Å². The normalized spacial score (nSPS) is 33.9. The Balaban J connectivity index is 2.11. The van der Waals surface area contributed by atoms with Gasteiger partial charge in [-0.2, -0.15) is 0 Å². The summed E-state index contributed by atoms with van der Waals surface area (Å²) in [4.78, 5) is 26.0. The van der Waals surface area contributed by atoms with Gasteiger partial charge in [-0.3, -0.25) is 9.59 Å². The molecule has 2 amide bonds. The molecule has 10 atom stereocenters. The highest BCUT2D eigenvalue weighted by atomic mass is 16.7. The molecular weight excluding hydrogens is 544 g/mol. The van der Waals surface area contributed by atoms with Crippen LogP contribution in [0.1, 0.15) is 51.4 Å². The first-order valence-corrected chi connectivity index (χ1v) is 14.4. The summed E-state index contributed by atoms with van der Waals surface area (Å²) in [6.45, 7) is 1.85. The zero-order valence-corrected chi connectivity index (χ0v) is 24.1. The van der Waals surface area contributed by atoms with E-state index >= 15 is 0 Å². The van der Waals surface area contributed by atoms with Gasteiger partial charge in [-0.05, 0) is 38.8 Å². The van der Waals surface area contributed by atoms with Crippen molar-refractivity contribution < 1.29 is 53.7 Å². The van der Waals surface area contributed by atoms with E-state index in [1.807, 2.05) is 0 Å². The third-order valence-electron chi connectivity index (χ3n) is 7.26. The van der Waals surface area contributed by atoms with Crippen LogP contribution in [0.5, 0.6) is 0 Å². The topological polar surface area (TPSA) is 237 Å². The summed E-state index contributed by atoms with van der Waals surface area (Å²) in [7, 11) is 2.50. The lowest BCUT2D eigenvalue weighted by molar-refractivity contribution is -0.346. The summed E-state index contributed by atoms with van der Waals surface area (Å²) >= 11 is 0. The van der Waals surface area contributed by atoms with Crippen molar-refractivity contribution in [2.75, 3.05) is 40.4 Å². The molecule has 0 spiro atoms. The standard InChI is InChI=1S/C26H50N4O11/c1-37-19-15(31)18(34)26(41-21(19)23(35)29-13-9-5-3-7-11-27)39-20-16(32)17(33)25(38-2)40-22(20)24(36)30-14-10-6-4-8-12-28/h15-22,25-26,31-34H,3-14,27-28H2,1-2H3,(H,29,35)(H,30,36)/t15?,16?,17-,18-,19+,20+,21?,22?,25-,26-/m1/s1. The van der Waals surface area contributed by atoms with Crippen molar-refractivity contribution in [2.24, 2.45) is 11.5 Å². The van der Waals surface area contributed by atoms with Crippen molar-refractivity contribution in [2.45, 2.75) is 113 Å². The maximum Gasteiger partial charge on any atom is 0.252 e. The zero-order valence-electron chi connectivity index (χ0n) is 24.1. The fraction of sp³-hybridized carbons (Fsp3) is 0.923. The highest BCUT2D eigenvalue weighted by Gasteiger charge is 2.53. The van der Waals surface area contributed by atoms with E-state index in [2.05, 4.69) is 10.6 Å². The monoisotopic (exact) mass is 594 g/mol. The van der Waals surface area contributed by atoms with Gasteiger partial charge in [-0.1, -0.05) is 25.7 Å². The third-order valence-corrected chi connectivity index (χ3v) is 7.26. The van der Waals surface area contributed by atoms with Crippen LogP contribution >= 0.6 is 0 Å². The molecule has 0 aromatic rings. The number of amides is 2. The number of carbonyl (C=O) groups excluding carboxylic acids is 2. The number of carbonyl (C=O) groups is 2. The highest BCUT2D eigenvalue weighted by molar-refractivity contribution is 5.82. The minimum atomic E-state index is -1.73. The van der Waals surface area contributed by atoms with Crippen LogP contribution in [-0.4, -0.2) is 134 Å². The van der Waals surface area contributed by atoms with Gasteiger partial charge in [0.1, 0.15) is 36.6 Å². The van der Waals surface area contributed by atoms with Gasteiger partial charge in [0.25, 0.3) is 11.8 Å². The molecule has 0 bridgehead atoms. The van der Waals surface area contributed by atoms with Crippen LogP contribution in [0.25, 0.3) is 0 Å². The Hall–Kier alpha value is -1.50. The average molecular weight is 595 g/mol. The fourth-order valence-electron chi connectivity index (χ4n) is 4.84. The van der Waals surface area contributed by atoms with Crippen LogP contribution < -0.4 is 22.1 Å². The lowest BCUT2D eigenvalue weighted by Gasteiger charge is -2.46. The molecule has 15 nitrogen and oxygen atoms in total. The summed E-state index contributed by atoms with van der Waals surface area (Å²) in [6.07, 6.45) is -8.60. The summed E-state index contributed by atoms with van der Waals surface area (Å²) in [5.74, 6) is -1.24. The van der Waals surface area contributed by atoms with E-state index in [0.29, 0.717) is 39.0 Å². The predicted octanol–water partition coefficient (Wildman–Crippen LogP) is -2.80. The Morgan fingerprint density at radius 1 is 0.634 bits per heavy atom. The molecule has 2 aliphatic heterocycles. The summed E-state index contributed by atoms with van der Waals surface area (Å²) < 4.78 is 27.4. The molecular formula is C26H50N4O11. The molecule has 10 N–H and O–H groups in total. The van der Waals surface area contributed by atoms with Gasteiger partial charge in [0.15, 0.2) is 24.8 Å². The number of methoxy groups -OCH3 is 2. The summed E-state index contributed by atoms with van der Waals surface area (Å²) in [5, 5.41) is 48.2. The number of nitrogens with one attached hydrogen (secondary N) is 2. The molecule has 0 radical (unpaired) electrons. The molecule has 2 rings (SSSR count). The molecule has 0 saturated carbocycles. The molecule has 0 aromatic heterocycles. The maximum absolute atomic E-state index is 13.1.